The molecule has 0 saturated heterocycles. The van der Waals surface area contributed by atoms with Crippen LogP contribution in [0.2, 0.25) is 0 Å². The first-order chi connectivity index (χ1) is 11.8. The van der Waals surface area contributed by atoms with E-state index in [1.54, 1.807) is 0 Å². The van der Waals surface area contributed by atoms with Gasteiger partial charge >= 0.3 is 5.97 Å². The predicted molar refractivity (Wildman–Crippen MR) is 100 cm³/mol. The molecule has 0 saturated carbocycles. The van der Waals surface area contributed by atoms with Crippen LogP contribution < -0.4 is 5.56 Å². The molecule has 3 rings (SSSR count). The molecule has 0 aliphatic rings. The van der Waals surface area contributed by atoms with Gasteiger partial charge in [-0.05, 0) is 26.3 Å². The Hall–Kier alpha value is -2.47. The fraction of sp³-hybridized carbons (Fsp3) is 0.316. The van der Waals surface area contributed by atoms with E-state index < -0.39 is 11.5 Å². The minimum Gasteiger partial charge on any atom is -0.480 e. The average molecular weight is 356 g/mol. The van der Waals surface area contributed by atoms with E-state index in [1.165, 1.54) is 29.8 Å². The van der Waals surface area contributed by atoms with Crippen LogP contribution in [0, 0.1) is 6.92 Å². The second-order valence-corrected chi connectivity index (χ2v) is 7.44. The van der Waals surface area contributed by atoms with Gasteiger partial charge in [0.25, 0.3) is 5.56 Å². The summed E-state index contributed by atoms with van der Waals surface area (Å²) in [5, 5.41) is 12.0. The summed E-state index contributed by atoms with van der Waals surface area (Å²) < 4.78 is 1.32. The smallest absolute Gasteiger partial charge is 0.329 e. The second kappa shape index (κ2) is 6.11. The van der Waals surface area contributed by atoms with Gasteiger partial charge < -0.3 is 5.11 Å². The van der Waals surface area contributed by atoms with E-state index >= 15 is 0 Å². The van der Waals surface area contributed by atoms with Gasteiger partial charge in [0.15, 0.2) is 0 Å². The van der Waals surface area contributed by atoms with Crippen molar-refractivity contribution in [1.29, 1.82) is 0 Å². The number of hydrogen-bond donors (Lipinski definition) is 1. The number of benzene rings is 1. The summed E-state index contributed by atoms with van der Waals surface area (Å²) in [6.45, 7) is 6.94. The summed E-state index contributed by atoms with van der Waals surface area (Å²) in [5.74, 6) is -0.570. The van der Waals surface area contributed by atoms with Crippen molar-refractivity contribution in [2.45, 2.75) is 39.7 Å². The van der Waals surface area contributed by atoms with Crippen molar-refractivity contribution in [3.8, 4) is 11.1 Å². The number of carboxylic acid groups (broad SMARTS) is 1. The van der Waals surface area contributed by atoms with Gasteiger partial charge in [0.2, 0.25) is 0 Å². The van der Waals surface area contributed by atoms with Crippen LogP contribution in [0.5, 0.6) is 0 Å². The van der Waals surface area contributed by atoms with Crippen molar-refractivity contribution in [3.05, 3.63) is 51.4 Å². The molecule has 0 spiro atoms. The Morgan fingerprint density at radius 1 is 1.28 bits per heavy atom. The highest BCUT2D eigenvalue weighted by Crippen LogP contribution is 2.32. The minimum atomic E-state index is -1.36. The Kier molecular flexibility index (Phi) is 4.24. The second-order valence-electron chi connectivity index (χ2n) is 6.58. The van der Waals surface area contributed by atoms with Crippen LogP contribution in [0.4, 0.5) is 0 Å². The van der Waals surface area contributed by atoms with Crippen LogP contribution in [-0.4, -0.2) is 20.6 Å². The summed E-state index contributed by atoms with van der Waals surface area (Å²) in [6.07, 6.45) is 0.486. The van der Waals surface area contributed by atoms with E-state index in [1.807, 2.05) is 43.5 Å². The minimum absolute atomic E-state index is 0.300. The van der Waals surface area contributed by atoms with E-state index in [2.05, 4.69) is 4.98 Å². The molecule has 0 radical (unpaired) electrons. The zero-order valence-electron chi connectivity index (χ0n) is 14.7. The number of carboxylic acids is 1. The predicted octanol–water partition coefficient (Wildman–Crippen LogP) is 3.82. The van der Waals surface area contributed by atoms with Crippen LogP contribution in [0.1, 0.15) is 32.2 Å². The van der Waals surface area contributed by atoms with Crippen molar-refractivity contribution in [1.82, 2.24) is 9.55 Å². The number of thiophene rings is 1. The largest absolute Gasteiger partial charge is 0.480 e. The number of fused-ring (bicyclic) bond motifs is 1. The van der Waals surface area contributed by atoms with Crippen molar-refractivity contribution >= 4 is 27.5 Å². The maximum atomic E-state index is 13.2. The van der Waals surface area contributed by atoms with Gasteiger partial charge in [0.05, 0.1) is 5.39 Å². The number of aryl methyl sites for hydroxylation is 2. The molecule has 0 aliphatic carbocycles. The Morgan fingerprint density at radius 3 is 2.48 bits per heavy atom. The van der Waals surface area contributed by atoms with E-state index in [4.69, 9.17) is 0 Å². The highest BCUT2D eigenvalue weighted by molar-refractivity contribution is 7.17. The normalized spacial score (nSPS) is 11.8. The highest BCUT2D eigenvalue weighted by Gasteiger charge is 2.34. The monoisotopic (exact) mass is 356 g/mol. The van der Waals surface area contributed by atoms with Crippen molar-refractivity contribution in [2.75, 3.05) is 0 Å². The van der Waals surface area contributed by atoms with Crippen LogP contribution in [-0.2, 0) is 16.8 Å². The fourth-order valence-electron chi connectivity index (χ4n) is 2.89. The number of aromatic nitrogens is 2. The van der Waals surface area contributed by atoms with Gasteiger partial charge in [0, 0.05) is 17.4 Å². The summed E-state index contributed by atoms with van der Waals surface area (Å²) in [6, 6.07) is 7.92. The molecule has 6 heteroatoms. The van der Waals surface area contributed by atoms with Crippen molar-refractivity contribution < 1.29 is 9.90 Å². The molecular formula is C19H20N2O3S. The fourth-order valence-corrected chi connectivity index (χ4v) is 3.84. The Balaban J connectivity index is 2.37. The zero-order valence-corrected chi connectivity index (χ0v) is 15.5. The third kappa shape index (κ3) is 2.76. The molecule has 0 atom stereocenters. The molecule has 2 aromatic heterocycles. The number of carbonyl (C=O) groups is 1. The van der Waals surface area contributed by atoms with Gasteiger partial charge in [-0.3, -0.25) is 9.36 Å². The lowest BCUT2D eigenvalue weighted by Gasteiger charge is -2.25. The molecule has 5 nitrogen and oxygen atoms in total. The third-order valence-electron chi connectivity index (χ3n) is 4.44. The first kappa shape index (κ1) is 17.4. The standard InChI is InChI=1S/C19H20N2O3S/c1-5-14-20-16-15(17(22)21(14)19(3,4)18(23)24)13(10-25-16)12-8-6-11(2)7-9-12/h6-10H,5H2,1-4H3,(H,23,24). The molecule has 1 aromatic carbocycles. The Labute approximate surface area is 149 Å². The summed E-state index contributed by atoms with van der Waals surface area (Å²) in [5.41, 5.74) is 1.20. The quantitative estimate of drug-likeness (QED) is 0.771. The molecule has 2 heterocycles. The van der Waals surface area contributed by atoms with Crippen LogP contribution in [0.15, 0.2) is 34.4 Å². The molecule has 3 aromatic rings. The van der Waals surface area contributed by atoms with Crippen LogP contribution in [0.25, 0.3) is 21.3 Å². The third-order valence-corrected chi connectivity index (χ3v) is 5.31. The molecule has 0 amide bonds. The lowest BCUT2D eigenvalue weighted by molar-refractivity contribution is -0.146. The van der Waals surface area contributed by atoms with Crippen molar-refractivity contribution in [3.63, 3.8) is 0 Å². The summed E-state index contributed by atoms with van der Waals surface area (Å²) in [7, 11) is 0. The summed E-state index contributed by atoms with van der Waals surface area (Å²) >= 11 is 1.41. The average Bonchev–Trinajstić information content (AvgIpc) is 2.99. The van der Waals surface area contributed by atoms with Crippen LogP contribution >= 0.6 is 11.3 Å². The highest BCUT2D eigenvalue weighted by atomic mass is 32.1. The molecule has 0 fully saturated rings. The van der Waals surface area contributed by atoms with Crippen LogP contribution in [0.3, 0.4) is 0 Å². The maximum absolute atomic E-state index is 13.2. The van der Waals surface area contributed by atoms with E-state index in [9.17, 15) is 14.7 Å². The number of rotatable bonds is 4. The first-order valence-corrected chi connectivity index (χ1v) is 8.99. The van der Waals surface area contributed by atoms with Gasteiger partial charge in [-0.15, -0.1) is 11.3 Å². The Morgan fingerprint density at radius 2 is 1.92 bits per heavy atom. The van der Waals surface area contributed by atoms with E-state index in [0.717, 1.165) is 16.7 Å². The lowest BCUT2D eigenvalue weighted by atomic mass is 10.0. The molecular weight excluding hydrogens is 336 g/mol. The maximum Gasteiger partial charge on any atom is 0.329 e. The van der Waals surface area contributed by atoms with E-state index in [-0.39, 0.29) is 5.56 Å². The molecule has 0 unspecified atom stereocenters. The molecule has 130 valence electrons. The van der Waals surface area contributed by atoms with E-state index in [0.29, 0.717) is 22.5 Å². The zero-order chi connectivity index (χ0) is 18.4. The molecule has 1 N–H and O–H groups in total. The SMILES string of the molecule is CCc1nc2scc(-c3ccc(C)cc3)c2c(=O)n1C(C)(C)C(=O)O. The van der Waals surface area contributed by atoms with Gasteiger partial charge in [-0.25, -0.2) is 9.78 Å². The molecule has 25 heavy (non-hydrogen) atoms. The molecule has 0 aliphatic heterocycles. The first-order valence-electron chi connectivity index (χ1n) is 8.11. The number of aliphatic carboxylic acids is 1. The molecule has 0 bridgehead atoms. The van der Waals surface area contributed by atoms with Gasteiger partial charge in [-0.1, -0.05) is 36.8 Å². The number of hydrogen-bond acceptors (Lipinski definition) is 4. The summed E-state index contributed by atoms with van der Waals surface area (Å²) in [4.78, 5) is 30.2. The lowest BCUT2D eigenvalue weighted by Crippen LogP contribution is -2.44. The van der Waals surface area contributed by atoms with Gasteiger partial charge in [0.1, 0.15) is 16.2 Å². The number of nitrogens with zero attached hydrogens (tertiary/aromatic N) is 2. The van der Waals surface area contributed by atoms with Gasteiger partial charge in [-0.2, -0.15) is 0 Å². The topological polar surface area (TPSA) is 72.2 Å². The Bertz CT molecular complexity index is 1010. The van der Waals surface area contributed by atoms with Crippen molar-refractivity contribution in [2.24, 2.45) is 0 Å².